The van der Waals surface area contributed by atoms with Crippen molar-refractivity contribution < 1.29 is 4.39 Å². The minimum atomic E-state index is -0.205. The molecule has 0 aliphatic carbocycles. The average molecular weight is 357 g/mol. The van der Waals surface area contributed by atoms with Gasteiger partial charge in [-0.2, -0.15) is 0 Å². The minimum absolute atomic E-state index is 0.0383. The predicted octanol–water partition coefficient (Wildman–Crippen LogP) is 5.17. The number of aryl methyl sites for hydroxylation is 2. The lowest BCUT2D eigenvalue weighted by molar-refractivity contribution is 0.618. The fourth-order valence-electron chi connectivity index (χ4n) is 2.57. The van der Waals surface area contributed by atoms with Crippen LogP contribution in [0.25, 0.3) is 0 Å². The van der Waals surface area contributed by atoms with Crippen molar-refractivity contribution in [1.82, 2.24) is 5.32 Å². The maximum absolute atomic E-state index is 13.5. The monoisotopic (exact) mass is 355 g/mol. The zero-order chi connectivity index (χ0) is 14.9. The van der Waals surface area contributed by atoms with Gasteiger partial charge < -0.3 is 5.32 Å². The summed E-state index contributed by atoms with van der Waals surface area (Å²) in [5.74, 6) is -0.205. The molecule has 4 heteroatoms. The van der Waals surface area contributed by atoms with Crippen LogP contribution in [0.3, 0.4) is 0 Å². The molecule has 0 fully saturated rings. The highest BCUT2D eigenvalue weighted by molar-refractivity contribution is 9.10. The van der Waals surface area contributed by atoms with E-state index in [1.165, 1.54) is 0 Å². The molecule has 106 valence electrons. The van der Waals surface area contributed by atoms with E-state index < -0.39 is 0 Å². The van der Waals surface area contributed by atoms with Crippen LogP contribution in [-0.2, 0) is 0 Å². The smallest absolute Gasteiger partial charge is 0.123 e. The zero-order valence-electron chi connectivity index (χ0n) is 11.6. The Labute approximate surface area is 132 Å². The van der Waals surface area contributed by atoms with E-state index in [4.69, 9.17) is 11.6 Å². The highest BCUT2D eigenvalue weighted by Gasteiger charge is 2.20. The molecule has 0 aliphatic heterocycles. The highest BCUT2D eigenvalue weighted by Crippen LogP contribution is 2.34. The first kappa shape index (κ1) is 15.5. The Hall–Kier alpha value is -0.900. The lowest BCUT2D eigenvalue weighted by atomic mass is 9.91. The number of benzene rings is 2. The number of hydrogen-bond acceptors (Lipinski definition) is 1. The van der Waals surface area contributed by atoms with Crippen molar-refractivity contribution in [1.29, 1.82) is 0 Å². The normalized spacial score (nSPS) is 12.5. The van der Waals surface area contributed by atoms with E-state index in [0.29, 0.717) is 5.02 Å². The third-order valence-corrected chi connectivity index (χ3v) is 4.36. The maximum atomic E-state index is 13.5. The molecule has 0 radical (unpaired) electrons. The van der Waals surface area contributed by atoms with Crippen molar-refractivity contribution in [2.45, 2.75) is 19.9 Å². The molecular formula is C16H16BrClFN. The van der Waals surface area contributed by atoms with Crippen LogP contribution in [-0.4, -0.2) is 7.05 Å². The SMILES string of the molecule is CNC(c1cc(Cl)ccc1Br)c1c(C)cc(F)cc1C. The van der Waals surface area contributed by atoms with Gasteiger partial charge in [-0.1, -0.05) is 27.5 Å². The van der Waals surface area contributed by atoms with Crippen LogP contribution in [0.5, 0.6) is 0 Å². The van der Waals surface area contributed by atoms with Crippen LogP contribution in [0.2, 0.25) is 5.02 Å². The summed E-state index contributed by atoms with van der Waals surface area (Å²) in [6, 6.07) is 8.77. The molecule has 2 aromatic carbocycles. The lowest BCUT2D eigenvalue weighted by Crippen LogP contribution is -2.20. The van der Waals surface area contributed by atoms with Crippen LogP contribution in [0.15, 0.2) is 34.8 Å². The first-order valence-electron chi connectivity index (χ1n) is 6.33. The summed E-state index contributed by atoms with van der Waals surface area (Å²) >= 11 is 9.66. The van der Waals surface area contributed by atoms with Gasteiger partial charge in [0.25, 0.3) is 0 Å². The van der Waals surface area contributed by atoms with E-state index >= 15 is 0 Å². The van der Waals surface area contributed by atoms with Crippen LogP contribution >= 0.6 is 27.5 Å². The Balaban J connectivity index is 2.61. The van der Waals surface area contributed by atoms with Crippen molar-refractivity contribution in [3.05, 3.63) is 67.9 Å². The number of hydrogen-bond donors (Lipinski definition) is 1. The second kappa shape index (κ2) is 6.25. The van der Waals surface area contributed by atoms with Crippen LogP contribution < -0.4 is 5.32 Å². The van der Waals surface area contributed by atoms with E-state index in [9.17, 15) is 4.39 Å². The van der Waals surface area contributed by atoms with Crippen LogP contribution in [0.4, 0.5) is 4.39 Å². The van der Waals surface area contributed by atoms with Gasteiger partial charge in [0.2, 0.25) is 0 Å². The molecule has 1 atom stereocenters. The standard InChI is InChI=1S/C16H16BrClFN/c1-9-6-12(19)7-10(2)15(9)16(20-3)13-8-11(18)4-5-14(13)17/h4-8,16,20H,1-3H3. The largest absolute Gasteiger partial charge is 0.309 e. The van der Waals surface area contributed by atoms with E-state index in [1.54, 1.807) is 12.1 Å². The Morgan fingerprint density at radius 2 is 1.75 bits per heavy atom. The van der Waals surface area contributed by atoms with Gasteiger partial charge in [-0.3, -0.25) is 0 Å². The molecule has 2 aromatic rings. The first-order chi connectivity index (χ1) is 9.43. The fraction of sp³-hybridized carbons (Fsp3) is 0.250. The van der Waals surface area contributed by atoms with E-state index in [0.717, 1.165) is 26.7 Å². The lowest BCUT2D eigenvalue weighted by Gasteiger charge is -2.23. The van der Waals surface area contributed by atoms with Crippen molar-refractivity contribution in [2.75, 3.05) is 7.05 Å². The van der Waals surface area contributed by atoms with Gasteiger partial charge in [-0.05, 0) is 73.5 Å². The van der Waals surface area contributed by atoms with Crippen molar-refractivity contribution >= 4 is 27.5 Å². The molecule has 1 nitrogen and oxygen atoms in total. The Morgan fingerprint density at radius 1 is 1.15 bits per heavy atom. The van der Waals surface area contributed by atoms with Gasteiger partial charge in [0.15, 0.2) is 0 Å². The summed E-state index contributed by atoms with van der Waals surface area (Å²) in [5.41, 5.74) is 3.97. The van der Waals surface area contributed by atoms with Gasteiger partial charge >= 0.3 is 0 Å². The Kier molecular flexibility index (Phi) is 4.84. The molecule has 0 aliphatic rings. The zero-order valence-corrected chi connectivity index (χ0v) is 13.9. The van der Waals surface area contributed by atoms with Crippen molar-refractivity contribution in [3.63, 3.8) is 0 Å². The predicted molar refractivity (Wildman–Crippen MR) is 85.9 cm³/mol. The summed E-state index contributed by atoms with van der Waals surface area (Å²) in [5, 5.41) is 3.97. The minimum Gasteiger partial charge on any atom is -0.309 e. The maximum Gasteiger partial charge on any atom is 0.123 e. The quantitative estimate of drug-likeness (QED) is 0.800. The topological polar surface area (TPSA) is 12.0 Å². The highest BCUT2D eigenvalue weighted by atomic mass is 79.9. The molecule has 0 spiro atoms. The molecule has 0 amide bonds. The second-order valence-electron chi connectivity index (χ2n) is 4.84. The molecular weight excluding hydrogens is 341 g/mol. The van der Waals surface area contributed by atoms with Gasteiger partial charge in [0, 0.05) is 9.50 Å². The molecule has 0 saturated carbocycles. The molecule has 0 aromatic heterocycles. The molecule has 1 N–H and O–H groups in total. The van der Waals surface area contributed by atoms with Crippen molar-refractivity contribution in [2.24, 2.45) is 0 Å². The summed E-state index contributed by atoms with van der Waals surface area (Å²) in [7, 11) is 1.89. The van der Waals surface area contributed by atoms with E-state index in [-0.39, 0.29) is 11.9 Å². The van der Waals surface area contributed by atoms with Crippen LogP contribution in [0, 0.1) is 19.7 Å². The third-order valence-electron chi connectivity index (χ3n) is 3.40. The summed E-state index contributed by atoms with van der Waals surface area (Å²) < 4.78 is 14.4. The van der Waals surface area contributed by atoms with Crippen LogP contribution in [0.1, 0.15) is 28.3 Å². The second-order valence-corrected chi connectivity index (χ2v) is 6.13. The third kappa shape index (κ3) is 3.05. The Morgan fingerprint density at radius 3 is 2.30 bits per heavy atom. The Bertz CT molecular complexity index is 619. The molecule has 0 saturated heterocycles. The molecule has 20 heavy (non-hydrogen) atoms. The van der Waals surface area contributed by atoms with Crippen molar-refractivity contribution in [3.8, 4) is 0 Å². The van der Waals surface area contributed by atoms with Gasteiger partial charge in [0.1, 0.15) is 5.82 Å². The van der Waals surface area contributed by atoms with E-state index in [1.807, 2.05) is 39.1 Å². The van der Waals surface area contributed by atoms with Gasteiger partial charge in [-0.25, -0.2) is 4.39 Å². The average Bonchev–Trinajstić information content (AvgIpc) is 2.37. The molecule has 0 heterocycles. The summed E-state index contributed by atoms with van der Waals surface area (Å²) in [6.07, 6.45) is 0. The summed E-state index contributed by atoms with van der Waals surface area (Å²) in [6.45, 7) is 3.85. The van der Waals surface area contributed by atoms with Gasteiger partial charge in [0.05, 0.1) is 6.04 Å². The van der Waals surface area contributed by atoms with Gasteiger partial charge in [-0.15, -0.1) is 0 Å². The number of nitrogens with one attached hydrogen (secondary N) is 1. The molecule has 2 rings (SSSR count). The number of halogens is 3. The summed E-state index contributed by atoms with van der Waals surface area (Å²) in [4.78, 5) is 0. The fourth-order valence-corrected chi connectivity index (χ4v) is 3.22. The molecule has 1 unspecified atom stereocenters. The number of rotatable bonds is 3. The van der Waals surface area contributed by atoms with E-state index in [2.05, 4.69) is 21.2 Å². The molecule has 0 bridgehead atoms. The first-order valence-corrected chi connectivity index (χ1v) is 7.50.